The molecule has 0 radical (unpaired) electrons. The van der Waals surface area contributed by atoms with Gasteiger partial charge >= 0.3 is 0 Å². The first-order valence-electron chi connectivity index (χ1n) is 11.4. The standard InChI is InChI=1S/C24H32N2O4S2/c1-25(31(27,28)23-13-11-19-7-3-5-9-21(19)17-23)15-16-26(2)32(29,30)24-14-12-20-8-4-6-10-22(20)18-24/h11-14,17-18H,3-10,15-16H2,1-2H3. The highest BCUT2D eigenvalue weighted by molar-refractivity contribution is 7.89. The lowest BCUT2D eigenvalue weighted by molar-refractivity contribution is 0.404. The third-order valence-electron chi connectivity index (χ3n) is 6.79. The molecule has 0 amide bonds. The molecule has 0 bridgehead atoms. The van der Waals surface area contributed by atoms with E-state index < -0.39 is 20.0 Å². The van der Waals surface area contributed by atoms with Crippen LogP contribution in [0.2, 0.25) is 0 Å². The largest absolute Gasteiger partial charge is 0.242 e. The topological polar surface area (TPSA) is 74.8 Å². The smallest absolute Gasteiger partial charge is 0.207 e. The molecule has 0 saturated carbocycles. The molecule has 2 aliphatic carbocycles. The highest BCUT2D eigenvalue weighted by atomic mass is 32.2. The minimum atomic E-state index is -3.68. The fraction of sp³-hybridized carbons (Fsp3) is 0.500. The van der Waals surface area contributed by atoms with Crippen molar-refractivity contribution in [1.29, 1.82) is 0 Å². The molecule has 6 nitrogen and oxygen atoms in total. The van der Waals surface area contributed by atoms with Gasteiger partial charge in [-0.2, -0.15) is 8.61 Å². The van der Waals surface area contributed by atoms with Gasteiger partial charge in [0.05, 0.1) is 9.79 Å². The fourth-order valence-electron chi connectivity index (χ4n) is 4.62. The van der Waals surface area contributed by atoms with Gasteiger partial charge in [0.15, 0.2) is 0 Å². The lowest BCUT2D eigenvalue weighted by Gasteiger charge is -2.24. The van der Waals surface area contributed by atoms with Crippen LogP contribution in [0.25, 0.3) is 0 Å². The SMILES string of the molecule is CN(CCN(C)S(=O)(=O)c1ccc2c(c1)CCCC2)S(=O)(=O)c1ccc2c(c1)CCCC2. The van der Waals surface area contributed by atoms with E-state index in [0.717, 1.165) is 62.5 Å². The summed E-state index contributed by atoms with van der Waals surface area (Å²) in [5.74, 6) is 0. The second kappa shape index (κ2) is 9.25. The average Bonchev–Trinajstić information content (AvgIpc) is 2.81. The van der Waals surface area contributed by atoms with Gasteiger partial charge in [0.2, 0.25) is 20.0 Å². The summed E-state index contributed by atoms with van der Waals surface area (Å²) in [6, 6.07) is 10.7. The average molecular weight is 477 g/mol. The monoisotopic (exact) mass is 476 g/mol. The normalized spacial score (nSPS) is 16.8. The number of fused-ring (bicyclic) bond motifs is 2. The van der Waals surface area contributed by atoms with E-state index in [9.17, 15) is 16.8 Å². The Morgan fingerprint density at radius 1 is 0.594 bits per heavy atom. The van der Waals surface area contributed by atoms with Crippen LogP contribution in [-0.2, 0) is 45.7 Å². The lowest BCUT2D eigenvalue weighted by atomic mass is 9.92. The molecule has 4 rings (SSSR count). The minimum absolute atomic E-state index is 0.0834. The summed E-state index contributed by atoms with van der Waals surface area (Å²) in [4.78, 5) is 0.557. The number of aryl methyl sites for hydroxylation is 4. The molecule has 0 fully saturated rings. The number of sulfonamides is 2. The minimum Gasteiger partial charge on any atom is -0.207 e. The maximum atomic E-state index is 13.1. The maximum absolute atomic E-state index is 13.1. The quantitative estimate of drug-likeness (QED) is 0.614. The van der Waals surface area contributed by atoms with E-state index >= 15 is 0 Å². The van der Waals surface area contributed by atoms with Crippen LogP contribution in [0.4, 0.5) is 0 Å². The van der Waals surface area contributed by atoms with Crippen LogP contribution >= 0.6 is 0 Å². The molecular formula is C24H32N2O4S2. The molecule has 32 heavy (non-hydrogen) atoms. The number of hydrogen-bond donors (Lipinski definition) is 0. The van der Waals surface area contributed by atoms with Gasteiger partial charge in [-0.25, -0.2) is 16.8 Å². The number of likely N-dealkylation sites (N-methyl/N-ethyl adjacent to an activating group) is 2. The third-order valence-corrected chi connectivity index (χ3v) is 10.5. The molecule has 0 spiro atoms. The van der Waals surface area contributed by atoms with Crippen molar-refractivity contribution in [2.75, 3.05) is 27.2 Å². The molecular weight excluding hydrogens is 444 g/mol. The van der Waals surface area contributed by atoms with Crippen LogP contribution < -0.4 is 0 Å². The highest BCUT2D eigenvalue weighted by Crippen LogP contribution is 2.27. The summed E-state index contributed by atoms with van der Waals surface area (Å²) in [7, 11) is -4.34. The Bertz CT molecular complexity index is 1110. The zero-order chi connectivity index (χ0) is 22.9. The predicted octanol–water partition coefficient (Wildman–Crippen LogP) is 3.39. The van der Waals surface area contributed by atoms with Crippen LogP contribution in [0.1, 0.15) is 47.9 Å². The van der Waals surface area contributed by atoms with E-state index in [0.29, 0.717) is 0 Å². The Hall–Kier alpha value is -1.74. The maximum Gasteiger partial charge on any atom is 0.242 e. The third kappa shape index (κ3) is 4.64. The number of rotatable bonds is 7. The van der Waals surface area contributed by atoms with Crippen LogP contribution in [0.3, 0.4) is 0 Å². The number of hydrogen-bond acceptors (Lipinski definition) is 4. The highest BCUT2D eigenvalue weighted by Gasteiger charge is 2.26. The molecule has 0 heterocycles. The van der Waals surface area contributed by atoms with Crippen LogP contribution in [0, 0.1) is 0 Å². The summed E-state index contributed by atoms with van der Waals surface area (Å²) < 4.78 is 54.8. The van der Waals surface area contributed by atoms with Crippen molar-refractivity contribution in [3.8, 4) is 0 Å². The van der Waals surface area contributed by atoms with E-state index in [2.05, 4.69) is 0 Å². The van der Waals surface area contributed by atoms with E-state index in [-0.39, 0.29) is 22.9 Å². The Balaban J connectivity index is 1.45. The van der Waals surface area contributed by atoms with Gasteiger partial charge in [-0.15, -0.1) is 0 Å². The van der Waals surface area contributed by atoms with Crippen LogP contribution in [0.5, 0.6) is 0 Å². The Morgan fingerprint density at radius 2 is 0.938 bits per heavy atom. The molecule has 0 unspecified atom stereocenters. The van der Waals surface area contributed by atoms with Gasteiger partial charge in [0, 0.05) is 27.2 Å². The van der Waals surface area contributed by atoms with Crippen molar-refractivity contribution in [3.05, 3.63) is 58.7 Å². The molecule has 0 atom stereocenters. The molecule has 2 aliphatic rings. The van der Waals surface area contributed by atoms with Gasteiger partial charge in [0.25, 0.3) is 0 Å². The van der Waals surface area contributed by atoms with Crippen LogP contribution in [0.15, 0.2) is 46.2 Å². The molecule has 0 aromatic heterocycles. The molecule has 2 aromatic rings. The van der Waals surface area contributed by atoms with Crippen molar-refractivity contribution in [2.45, 2.75) is 61.2 Å². The van der Waals surface area contributed by atoms with Crippen molar-refractivity contribution in [1.82, 2.24) is 8.61 Å². The van der Waals surface area contributed by atoms with E-state index in [1.54, 1.807) is 24.3 Å². The molecule has 0 saturated heterocycles. The first-order valence-corrected chi connectivity index (χ1v) is 14.2. The second-order valence-electron chi connectivity index (χ2n) is 8.93. The summed E-state index contributed by atoms with van der Waals surface area (Å²) in [5.41, 5.74) is 4.68. The lowest BCUT2D eigenvalue weighted by Crippen LogP contribution is -2.37. The molecule has 2 aromatic carbocycles. The number of nitrogens with zero attached hydrogens (tertiary/aromatic N) is 2. The van der Waals surface area contributed by atoms with Crippen molar-refractivity contribution in [2.24, 2.45) is 0 Å². The molecule has 0 N–H and O–H groups in total. The number of benzene rings is 2. The summed E-state index contributed by atoms with van der Waals surface area (Å²) in [6.07, 6.45) is 8.26. The Kier molecular flexibility index (Phi) is 6.77. The van der Waals surface area contributed by atoms with Gasteiger partial charge in [-0.1, -0.05) is 12.1 Å². The zero-order valence-corrected chi connectivity index (χ0v) is 20.5. The van der Waals surface area contributed by atoms with Gasteiger partial charge < -0.3 is 0 Å². The predicted molar refractivity (Wildman–Crippen MR) is 126 cm³/mol. The van der Waals surface area contributed by atoms with E-state index in [4.69, 9.17) is 0 Å². The van der Waals surface area contributed by atoms with E-state index in [1.807, 2.05) is 12.1 Å². The summed E-state index contributed by atoms with van der Waals surface area (Å²) in [6.45, 7) is 0.167. The first-order chi connectivity index (χ1) is 15.2. The van der Waals surface area contributed by atoms with Crippen molar-refractivity contribution >= 4 is 20.0 Å². The van der Waals surface area contributed by atoms with Crippen molar-refractivity contribution in [3.63, 3.8) is 0 Å². The Labute approximate surface area is 192 Å². The first kappa shape index (κ1) is 23.4. The summed E-state index contributed by atoms with van der Waals surface area (Å²) >= 11 is 0. The summed E-state index contributed by atoms with van der Waals surface area (Å²) in [5, 5.41) is 0. The Morgan fingerprint density at radius 3 is 1.31 bits per heavy atom. The van der Waals surface area contributed by atoms with Gasteiger partial charge in [-0.05, 0) is 97.9 Å². The van der Waals surface area contributed by atoms with Crippen molar-refractivity contribution < 1.29 is 16.8 Å². The molecule has 8 heteroatoms. The zero-order valence-electron chi connectivity index (χ0n) is 18.9. The van der Waals surface area contributed by atoms with Crippen LogP contribution in [-0.4, -0.2) is 52.6 Å². The molecule has 174 valence electrons. The van der Waals surface area contributed by atoms with E-state index in [1.165, 1.54) is 33.8 Å². The molecule has 0 aliphatic heterocycles. The fourth-order valence-corrected chi connectivity index (χ4v) is 7.05. The van der Waals surface area contributed by atoms with Gasteiger partial charge in [0.1, 0.15) is 0 Å². The second-order valence-corrected chi connectivity index (χ2v) is 13.0. The van der Waals surface area contributed by atoms with Gasteiger partial charge in [-0.3, -0.25) is 0 Å².